The number of carbonyl (C=O) groups excluding carboxylic acids is 1. The van der Waals surface area contributed by atoms with Gasteiger partial charge < -0.3 is 53.2 Å². The second kappa shape index (κ2) is 11.9. The number of aliphatic hydroxyl groups excluding tert-OH is 3. The van der Waals surface area contributed by atoms with Crippen molar-refractivity contribution in [3.8, 4) is 28.7 Å². The molecule has 15 heteroatoms. The van der Waals surface area contributed by atoms with Crippen molar-refractivity contribution in [2.24, 2.45) is 11.8 Å². The topological polar surface area (TPSA) is 182 Å². The highest BCUT2D eigenvalue weighted by Gasteiger charge is 2.54. The minimum absolute atomic E-state index is 0.0664. The van der Waals surface area contributed by atoms with Crippen molar-refractivity contribution >= 4 is 5.97 Å². The summed E-state index contributed by atoms with van der Waals surface area (Å²) in [4.78, 5) is 13.5. The summed E-state index contributed by atoms with van der Waals surface area (Å²) in [7, 11) is 4.60. The molecule has 2 aromatic carbocycles. The van der Waals surface area contributed by atoms with Gasteiger partial charge in [-0.05, 0) is 47.9 Å². The Labute approximate surface area is 263 Å². The largest absolute Gasteiger partial charge is 0.493 e. The molecule has 4 aliphatic rings. The van der Waals surface area contributed by atoms with Gasteiger partial charge >= 0.3 is 5.97 Å². The minimum Gasteiger partial charge on any atom is -0.493 e. The van der Waals surface area contributed by atoms with Gasteiger partial charge in [0.05, 0.1) is 58.8 Å². The average molecular weight is 642 g/mol. The van der Waals surface area contributed by atoms with Crippen LogP contribution in [0.4, 0.5) is 0 Å². The summed E-state index contributed by atoms with van der Waals surface area (Å²) in [5.74, 6) is 0.696. The van der Waals surface area contributed by atoms with Crippen LogP contribution in [0.1, 0.15) is 41.3 Å². The van der Waals surface area contributed by atoms with E-state index < -0.39 is 48.6 Å². The van der Waals surface area contributed by atoms with Gasteiger partial charge in [-0.2, -0.15) is 0 Å². The third-order valence-electron chi connectivity index (χ3n) is 9.24. The SMILES string of the molecule is COc1cc([C@@H]2c3cc4c(cc3[C@@H](n3cc(CO[C@@H]5O[C@H](C)[C@@H](O)[C@H](O)[C@H]5O)nn3)[C@H]3COC(=O)[C@H]23)OCO4)cc(OC)c1OC. The first-order valence-electron chi connectivity index (χ1n) is 14.9. The predicted octanol–water partition coefficient (Wildman–Crippen LogP) is 0.901. The number of benzene rings is 2. The average Bonchev–Trinajstić information content (AvgIpc) is 3.82. The third kappa shape index (κ3) is 4.89. The van der Waals surface area contributed by atoms with Crippen LogP contribution in [0.2, 0.25) is 0 Å². The number of carbonyl (C=O) groups is 1. The highest BCUT2D eigenvalue weighted by atomic mass is 16.7. The van der Waals surface area contributed by atoms with Crippen LogP contribution in [0.5, 0.6) is 28.7 Å². The van der Waals surface area contributed by atoms with Gasteiger partial charge in [0, 0.05) is 11.8 Å². The molecule has 15 nitrogen and oxygen atoms in total. The van der Waals surface area contributed by atoms with Crippen LogP contribution in [0, 0.1) is 11.8 Å². The maximum atomic E-state index is 13.5. The van der Waals surface area contributed by atoms with E-state index in [1.54, 1.807) is 17.8 Å². The Bertz CT molecular complexity index is 1600. The number of ether oxygens (including phenoxy) is 8. The Hall–Kier alpha value is -4.15. The number of hydrogen-bond acceptors (Lipinski definition) is 14. The molecule has 2 saturated heterocycles. The number of rotatable bonds is 8. The molecule has 0 radical (unpaired) electrons. The van der Waals surface area contributed by atoms with Crippen molar-refractivity contribution in [2.45, 2.75) is 56.2 Å². The van der Waals surface area contributed by atoms with Gasteiger partial charge in [-0.25, -0.2) is 4.68 Å². The van der Waals surface area contributed by atoms with E-state index in [4.69, 9.17) is 37.9 Å². The normalized spacial score (nSPS) is 31.2. The molecule has 1 aromatic heterocycles. The highest BCUT2D eigenvalue weighted by molar-refractivity contribution is 5.79. The quantitative estimate of drug-likeness (QED) is 0.295. The Morgan fingerprint density at radius 3 is 2.28 bits per heavy atom. The molecule has 4 heterocycles. The first kappa shape index (κ1) is 30.5. The van der Waals surface area contributed by atoms with E-state index in [1.807, 2.05) is 24.3 Å². The van der Waals surface area contributed by atoms with E-state index in [9.17, 15) is 20.1 Å². The summed E-state index contributed by atoms with van der Waals surface area (Å²) >= 11 is 0. The van der Waals surface area contributed by atoms with Gasteiger partial charge in [0.15, 0.2) is 29.3 Å². The lowest BCUT2D eigenvalue weighted by Crippen LogP contribution is -2.57. The molecule has 46 heavy (non-hydrogen) atoms. The monoisotopic (exact) mass is 641 g/mol. The molecule has 0 bridgehead atoms. The lowest BCUT2D eigenvalue weighted by Gasteiger charge is -2.39. The molecular formula is C31H35N3O12. The summed E-state index contributed by atoms with van der Waals surface area (Å²) in [6, 6.07) is 7.00. The second-order valence-electron chi connectivity index (χ2n) is 11.7. The smallest absolute Gasteiger partial charge is 0.310 e. The minimum atomic E-state index is -1.45. The van der Waals surface area contributed by atoms with Gasteiger partial charge in [0.1, 0.15) is 24.0 Å². The van der Waals surface area contributed by atoms with Crippen LogP contribution in [0.3, 0.4) is 0 Å². The zero-order chi connectivity index (χ0) is 32.3. The molecular weight excluding hydrogens is 606 g/mol. The molecule has 0 amide bonds. The number of fused-ring (bicyclic) bond motifs is 3. The molecule has 3 aromatic rings. The lowest BCUT2D eigenvalue weighted by atomic mass is 9.65. The number of aliphatic hydroxyl groups is 3. The second-order valence-corrected chi connectivity index (χ2v) is 11.7. The Morgan fingerprint density at radius 2 is 1.61 bits per heavy atom. The summed E-state index contributed by atoms with van der Waals surface area (Å²) in [6.07, 6.45) is -4.36. The van der Waals surface area contributed by atoms with Gasteiger partial charge in [0.25, 0.3) is 0 Å². The Kier molecular flexibility index (Phi) is 7.89. The number of nitrogens with zero attached hydrogens (tertiary/aromatic N) is 3. The fourth-order valence-electron chi connectivity index (χ4n) is 6.99. The van der Waals surface area contributed by atoms with Gasteiger partial charge in [-0.15, -0.1) is 5.10 Å². The van der Waals surface area contributed by atoms with E-state index in [1.165, 1.54) is 21.3 Å². The fraction of sp³-hybridized carbons (Fsp3) is 0.516. The standard InChI is InChI=1S/C31H35N3O12/c1-13-26(35)27(36)28(37)31(46-13)43-10-15-9-34(33-32-15)25-17-8-20-19(44-12-45-20)7-16(17)23(24-18(25)11-42-30(24)38)14-5-21(39-2)29(41-4)22(6-14)40-3/h5-9,13,18,23-28,31,35-37H,10-12H2,1-4H3/t13-,18+,23-,24+,25-,26-,27+,28-,31-/m1/s1. The van der Waals surface area contributed by atoms with Crippen LogP contribution >= 0.6 is 0 Å². The molecule has 0 saturated carbocycles. The van der Waals surface area contributed by atoms with Crippen molar-refractivity contribution in [1.29, 1.82) is 0 Å². The highest BCUT2D eigenvalue weighted by Crippen LogP contribution is 2.56. The number of methoxy groups -OCH3 is 3. The van der Waals surface area contributed by atoms with E-state index in [2.05, 4.69) is 10.3 Å². The van der Waals surface area contributed by atoms with Gasteiger partial charge in [-0.1, -0.05) is 5.21 Å². The zero-order valence-electron chi connectivity index (χ0n) is 25.6. The summed E-state index contributed by atoms with van der Waals surface area (Å²) in [5, 5.41) is 39.2. The van der Waals surface area contributed by atoms with Crippen molar-refractivity contribution < 1.29 is 58.0 Å². The van der Waals surface area contributed by atoms with Gasteiger partial charge in [-0.3, -0.25) is 4.79 Å². The van der Waals surface area contributed by atoms with E-state index >= 15 is 0 Å². The molecule has 2 fully saturated rings. The number of cyclic esters (lactones) is 1. The Balaban J connectivity index is 1.27. The summed E-state index contributed by atoms with van der Waals surface area (Å²) < 4.78 is 47.0. The number of aromatic nitrogens is 3. The van der Waals surface area contributed by atoms with Crippen molar-refractivity contribution in [3.63, 3.8) is 0 Å². The first-order valence-corrected chi connectivity index (χ1v) is 14.9. The molecule has 9 atom stereocenters. The maximum absolute atomic E-state index is 13.5. The molecule has 7 rings (SSSR count). The molecule has 3 N–H and O–H groups in total. The molecule has 246 valence electrons. The summed E-state index contributed by atoms with van der Waals surface area (Å²) in [6.45, 7) is 1.69. The maximum Gasteiger partial charge on any atom is 0.310 e. The van der Waals surface area contributed by atoms with E-state index in [0.717, 1.165) is 16.7 Å². The zero-order valence-corrected chi connectivity index (χ0v) is 25.6. The van der Waals surface area contributed by atoms with Crippen LogP contribution in [0.15, 0.2) is 30.5 Å². The fourth-order valence-corrected chi connectivity index (χ4v) is 6.99. The number of hydrogen-bond donors (Lipinski definition) is 3. The van der Waals surface area contributed by atoms with Crippen LogP contribution in [-0.2, 0) is 25.6 Å². The molecule has 0 spiro atoms. The summed E-state index contributed by atoms with van der Waals surface area (Å²) in [5.41, 5.74) is 2.84. The van der Waals surface area contributed by atoms with Crippen molar-refractivity contribution in [3.05, 3.63) is 52.8 Å². The molecule has 3 aliphatic heterocycles. The van der Waals surface area contributed by atoms with E-state index in [0.29, 0.717) is 34.4 Å². The number of esters is 1. The van der Waals surface area contributed by atoms with Crippen LogP contribution in [0.25, 0.3) is 0 Å². The van der Waals surface area contributed by atoms with Crippen molar-refractivity contribution in [2.75, 3.05) is 34.7 Å². The Morgan fingerprint density at radius 1 is 0.913 bits per heavy atom. The third-order valence-corrected chi connectivity index (χ3v) is 9.24. The predicted molar refractivity (Wildman–Crippen MR) is 154 cm³/mol. The van der Waals surface area contributed by atoms with Gasteiger partial charge in [0.2, 0.25) is 12.5 Å². The van der Waals surface area contributed by atoms with Crippen LogP contribution < -0.4 is 23.7 Å². The lowest BCUT2D eigenvalue weighted by molar-refractivity contribution is -0.296. The van der Waals surface area contributed by atoms with E-state index in [-0.39, 0.29) is 31.9 Å². The van der Waals surface area contributed by atoms with Crippen molar-refractivity contribution in [1.82, 2.24) is 15.0 Å². The van der Waals surface area contributed by atoms with Crippen LogP contribution in [-0.4, -0.2) is 102 Å². The molecule has 1 aliphatic carbocycles. The molecule has 0 unspecified atom stereocenters. The first-order chi connectivity index (χ1) is 22.2.